The number of ether oxygens (including phenoxy) is 1. The molecule has 0 radical (unpaired) electrons. The standard InChI is InChI=1S/C12H21N3O2/c1-9(6-7-13)4-5-11-14-12(15-17-11)10-3-2-8-16-10/h9-10H,2-8,13H2,1H3. The van der Waals surface area contributed by atoms with Crippen molar-refractivity contribution in [1.82, 2.24) is 10.1 Å². The first-order valence-corrected chi connectivity index (χ1v) is 6.43. The van der Waals surface area contributed by atoms with Crippen molar-refractivity contribution < 1.29 is 9.26 Å². The third-order valence-corrected chi connectivity index (χ3v) is 3.21. The summed E-state index contributed by atoms with van der Waals surface area (Å²) in [5.41, 5.74) is 5.52. The Labute approximate surface area is 102 Å². The maximum Gasteiger partial charge on any atom is 0.226 e. The van der Waals surface area contributed by atoms with E-state index in [1.165, 1.54) is 0 Å². The molecule has 2 N–H and O–H groups in total. The number of hydrogen-bond donors (Lipinski definition) is 1. The summed E-state index contributed by atoms with van der Waals surface area (Å²) in [6, 6.07) is 0. The smallest absolute Gasteiger partial charge is 0.226 e. The summed E-state index contributed by atoms with van der Waals surface area (Å²) in [4.78, 5) is 4.39. The van der Waals surface area contributed by atoms with E-state index in [2.05, 4.69) is 17.1 Å². The fraction of sp³-hybridized carbons (Fsp3) is 0.833. The van der Waals surface area contributed by atoms with Gasteiger partial charge in [0.2, 0.25) is 11.7 Å². The van der Waals surface area contributed by atoms with E-state index < -0.39 is 0 Å². The van der Waals surface area contributed by atoms with Crippen molar-refractivity contribution in [2.45, 2.75) is 45.1 Å². The van der Waals surface area contributed by atoms with Gasteiger partial charge >= 0.3 is 0 Å². The minimum Gasteiger partial charge on any atom is -0.370 e. The number of aryl methyl sites for hydroxylation is 1. The first-order chi connectivity index (χ1) is 8.29. The number of aromatic nitrogens is 2. The Morgan fingerprint density at radius 1 is 1.47 bits per heavy atom. The third-order valence-electron chi connectivity index (χ3n) is 3.21. The molecule has 1 saturated heterocycles. The Morgan fingerprint density at radius 3 is 3.06 bits per heavy atom. The van der Waals surface area contributed by atoms with Gasteiger partial charge in [0.1, 0.15) is 6.10 Å². The first-order valence-electron chi connectivity index (χ1n) is 6.43. The normalized spacial score (nSPS) is 21.9. The molecule has 1 fully saturated rings. The van der Waals surface area contributed by atoms with Gasteiger partial charge < -0.3 is 15.0 Å². The Bertz CT molecular complexity index is 334. The highest BCUT2D eigenvalue weighted by atomic mass is 16.5. The molecule has 2 rings (SSSR count). The molecule has 0 saturated carbocycles. The van der Waals surface area contributed by atoms with E-state index in [1.54, 1.807) is 0 Å². The molecule has 1 aliphatic heterocycles. The molecule has 0 amide bonds. The lowest BCUT2D eigenvalue weighted by molar-refractivity contribution is 0.103. The maximum atomic E-state index is 5.52. The highest BCUT2D eigenvalue weighted by molar-refractivity contribution is 4.93. The van der Waals surface area contributed by atoms with Gasteiger partial charge in [-0.05, 0) is 38.1 Å². The van der Waals surface area contributed by atoms with Gasteiger partial charge in [-0.3, -0.25) is 0 Å². The second kappa shape index (κ2) is 6.12. The lowest BCUT2D eigenvalue weighted by atomic mass is 10.0. The van der Waals surface area contributed by atoms with E-state index in [9.17, 15) is 0 Å². The molecule has 5 heteroatoms. The summed E-state index contributed by atoms with van der Waals surface area (Å²) < 4.78 is 10.7. The van der Waals surface area contributed by atoms with Crippen molar-refractivity contribution in [1.29, 1.82) is 0 Å². The average molecular weight is 239 g/mol. The molecule has 0 bridgehead atoms. The average Bonchev–Trinajstić information content (AvgIpc) is 2.97. The second-order valence-corrected chi connectivity index (χ2v) is 4.77. The zero-order valence-electron chi connectivity index (χ0n) is 10.4. The van der Waals surface area contributed by atoms with Crippen LogP contribution < -0.4 is 5.73 Å². The van der Waals surface area contributed by atoms with Gasteiger partial charge in [0.05, 0.1) is 0 Å². The number of nitrogens with two attached hydrogens (primary N) is 1. The Balaban J connectivity index is 1.81. The molecule has 0 spiro atoms. The summed E-state index contributed by atoms with van der Waals surface area (Å²) in [6.45, 7) is 3.75. The van der Waals surface area contributed by atoms with Crippen LogP contribution in [0.15, 0.2) is 4.52 Å². The quantitative estimate of drug-likeness (QED) is 0.819. The van der Waals surface area contributed by atoms with Crippen molar-refractivity contribution in [3.8, 4) is 0 Å². The molecule has 17 heavy (non-hydrogen) atoms. The van der Waals surface area contributed by atoms with E-state index in [4.69, 9.17) is 15.0 Å². The van der Waals surface area contributed by atoms with Crippen LogP contribution in [-0.2, 0) is 11.2 Å². The molecule has 1 aromatic rings. The third kappa shape index (κ3) is 3.51. The Morgan fingerprint density at radius 2 is 2.35 bits per heavy atom. The highest BCUT2D eigenvalue weighted by Crippen LogP contribution is 2.26. The van der Waals surface area contributed by atoms with E-state index >= 15 is 0 Å². The van der Waals surface area contributed by atoms with Crippen molar-refractivity contribution in [3.63, 3.8) is 0 Å². The van der Waals surface area contributed by atoms with Crippen molar-refractivity contribution >= 4 is 0 Å². The van der Waals surface area contributed by atoms with Gasteiger partial charge in [-0.25, -0.2) is 0 Å². The van der Waals surface area contributed by atoms with Crippen LogP contribution in [0, 0.1) is 5.92 Å². The van der Waals surface area contributed by atoms with E-state index in [0.717, 1.165) is 51.1 Å². The largest absolute Gasteiger partial charge is 0.370 e. The maximum absolute atomic E-state index is 5.52. The molecule has 0 aliphatic carbocycles. The van der Waals surface area contributed by atoms with E-state index in [1.807, 2.05) is 0 Å². The number of rotatable bonds is 6. The van der Waals surface area contributed by atoms with Gasteiger partial charge in [-0.1, -0.05) is 12.1 Å². The molecule has 1 aliphatic rings. The van der Waals surface area contributed by atoms with E-state index in [0.29, 0.717) is 11.7 Å². The minimum absolute atomic E-state index is 0.0500. The molecule has 96 valence electrons. The topological polar surface area (TPSA) is 74.2 Å². The van der Waals surface area contributed by atoms with Crippen molar-refractivity contribution in [2.24, 2.45) is 11.7 Å². The molecule has 0 aromatic carbocycles. The molecule has 5 nitrogen and oxygen atoms in total. The molecule has 2 unspecified atom stereocenters. The van der Waals surface area contributed by atoms with Crippen LogP contribution in [0.4, 0.5) is 0 Å². The van der Waals surface area contributed by atoms with Gasteiger partial charge in [0.25, 0.3) is 0 Å². The minimum atomic E-state index is 0.0500. The number of hydrogen-bond acceptors (Lipinski definition) is 5. The summed E-state index contributed by atoms with van der Waals surface area (Å²) in [5.74, 6) is 2.04. The van der Waals surface area contributed by atoms with Gasteiger partial charge in [-0.15, -0.1) is 0 Å². The van der Waals surface area contributed by atoms with Gasteiger partial charge in [0.15, 0.2) is 0 Å². The first kappa shape index (κ1) is 12.5. The highest BCUT2D eigenvalue weighted by Gasteiger charge is 2.23. The summed E-state index contributed by atoms with van der Waals surface area (Å²) in [6.07, 6.45) is 5.07. The molecule has 1 aromatic heterocycles. The predicted molar refractivity (Wildman–Crippen MR) is 63.4 cm³/mol. The van der Waals surface area contributed by atoms with Gasteiger partial charge in [-0.2, -0.15) is 4.98 Å². The fourth-order valence-corrected chi connectivity index (χ4v) is 2.08. The lowest BCUT2D eigenvalue weighted by Crippen LogP contribution is -2.06. The van der Waals surface area contributed by atoms with Crippen molar-refractivity contribution in [2.75, 3.05) is 13.2 Å². The van der Waals surface area contributed by atoms with Crippen LogP contribution in [0.3, 0.4) is 0 Å². The molecular formula is C12H21N3O2. The van der Waals surface area contributed by atoms with Crippen LogP contribution in [0.5, 0.6) is 0 Å². The molecule has 2 heterocycles. The molecular weight excluding hydrogens is 218 g/mol. The Kier molecular flexibility index (Phi) is 4.50. The SMILES string of the molecule is CC(CCN)CCc1nc(C2CCCO2)no1. The van der Waals surface area contributed by atoms with Crippen LogP contribution in [0.1, 0.15) is 50.4 Å². The van der Waals surface area contributed by atoms with Gasteiger partial charge in [0, 0.05) is 13.0 Å². The zero-order valence-corrected chi connectivity index (χ0v) is 10.4. The Hall–Kier alpha value is -0.940. The molecule has 2 atom stereocenters. The fourth-order valence-electron chi connectivity index (χ4n) is 2.08. The predicted octanol–water partition coefficient (Wildman–Crippen LogP) is 1.84. The summed E-state index contributed by atoms with van der Waals surface area (Å²) in [5, 5.41) is 3.99. The van der Waals surface area contributed by atoms with Crippen LogP contribution in [-0.4, -0.2) is 23.3 Å². The number of nitrogens with zero attached hydrogens (tertiary/aromatic N) is 2. The van der Waals surface area contributed by atoms with Crippen LogP contribution >= 0.6 is 0 Å². The van der Waals surface area contributed by atoms with Crippen LogP contribution in [0.25, 0.3) is 0 Å². The van der Waals surface area contributed by atoms with Crippen molar-refractivity contribution in [3.05, 3.63) is 11.7 Å². The monoisotopic (exact) mass is 239 g/mol. The van der Waals surface area contributed by atoms with E-state index in [-0.39, 0.29) is 6.10 Å². The summed E-state index contributed by atoms with van der Waals surface area (Å²) in [7, 11) is 0. The summed E-state index contributed by atoms with van der Waals surface area (Å²) >= 11 is 0. The van der Waals surface area contributed by atoms with Crippen LogP contribution in [0.2, 0.25) is 0 Å². The zero-order chi connectivity index (χ0) is 12.1. The second-order valence-electron chi connectivity index (χ2n) is 4.77. The lowest BCUT2D eigenvalue weighted by Gasteiger charge is -2.06.